The summed E-state index contributed by atoms with van der Waals surface area (Å²) in [6.45, 7) is 2.66. The zero-order chi connectivity index (χ0) is 10.7. The van der Waals surface area contributed by atoms with E-state index >= 15 is 0 Å². The molecule has 0 radical (unpaired) electrons. The Morgan fingerprint density at radius 2 is 2.13 bits per heavy atom. The Bertz CT molecular complexity index is 321. The molecule has 1 saturated heterocycles. The topological polar surface area (TPSA) is 21.7 Å². The van der Waals surface area contributed by atoms with Gasteiger partial charge in [0.25, 0.3) is 0 Å². The second-order valence-corrected chi connectivity index (χ2v) is 3.87. The fraction of sp³-hybridized carbons (Fsp3) is 0.500. The number of benzene rings is 1. The smallest absolute Gasteiger partial charge is 0.0920 e. The summed E-state index contributed by atoms with van der Waals surface area (Å²) in [5, 5.41) is 0. The van der Waals surface area contributed by atoms with Crippen LogP contribution in [-0.2, 0) is 16.1 Å². The third-order valence-electron chi connectivity index (χ3n) is 2.77. The first-order valence-corrected chi connectivity index (χ1v) is 5.19. The maximum Gasteiger partial charge on any atom is 0.0920 e. The fourth-order valence-corrected chi connectivity index (χ4v) is 1.81. The van der Waals surface area contributed by atoms with Crippen LogP contribution in [0.4, 0.5) is 5.69 Å². The molecule has 82 valence electrons. The van der Waals surface area contributed by atoms with Crippen LogP contribution < -0.4 is 4.90 Å². The van der Waals surface area contributed by atoms with E-state index in [-0.39, 0.29) is 0 Å². The van der Waals surface area contributed by atoms with Gasteiger partial charge in [-0.1, -0.05) is 12.1 Å². The molecule has 1 aliphatic rings. The molecule has 1 aromatic rings. The molecule has 1 heterocycles. The molecule has 15 heavy (non-hydrogen) atoms. The lowest BCUT2D eigenvalue weighted by atomic mass is 10.1. The summed E-state index contributed by atoms with van der Waals surface area (Å²) in [4.78, 5) is 2.31. The quantitative estimate of drug-likeness (QED) is 0.749. The van der Waals surface area contributed by atoms with Gasteiger partial charge in [0, 0.05) is 33.0 Å². The van der Waals surface area contributed by atoms with Gasteiger partial charge in [0.05, 0.1) is 12.7 Å². The van der Waals surface area contributed by atoms with Crippen LogP contribution in [0, 0.1) is 0 Å². The molecule has 0 spiro atoms. The third kappa shape index (κ3) is 2.30. The van der Waals surface area contributed by atoms with Crippen LogP contribution in [0.25, 0.3) is 0 Å². The highest BCUT2D eigenvalue weighted by Crippen LogP contribution is 2.23. The fourth-order valence-electron chi connectivity index (χ4n) is 1.81. The number of hydrogen-bond acceptors (Lipinski definition) is 3. The SMILES string of the molecule is COCc1cccc(N2CC(OC)C2)c1. The summed E-state index contributed by atoms with van der Waals surface area (Å²) in [5.74, 6) is 0. The summed E-state index contributed by atoms with van der Waals surface area (Å²) in [7, 11) is 3.49. The summed E-state index contributed by atoms with van der Waals surface area (Å²) in [6.07, 6.45) is 0.399. The maximum absolute atomic E-state index is 5.25. The Labute approximate surface area is 90.6 Å². The van der Waals surface area contributed by atoms with Crippen LogP contribution >= 0.6 is 0 Å². The number of rotatable bonds is 4. The highest BCUT2D eigenvalue weighted by atomic mass is 16.5. The monoisotopic (exact) mass is 207 g/mol. The Morgan fingerprint density at radius 1 is 1.33 bits per heavy atom. The number of hydrogen-bond donors (Lipinski definition) is 0. The molecule has 1 aromatic carbocycles. The molecule has 0 amide bonds. The predicted octanol–water partition coefficient (Wildman–Crippen LogP) is 1.67. The molecule has 0 aromatic heterocycles. The van der Waals surface area contributed by atoms with Crippen LogP contribution in [0.5, 0.6) is 0 Å². The first kappa shape index (κ1) is 10.5. The molecule has 0 atom stereocenters. The van der Waals surface area contributed by atoms with E-state index in [4.69, 9.17) is 9.47 Å². The normalized spacial score (nSPS) is 16.5. The van der Waals surface area contributed by atoms with Crippen molar-refractivity contribution >= 4 is 5.69 Å². The van der Waals surface area contributed by atoms with Gasteiger partial charge in [-0.3, -0.25) is 0 Å². The predicted molar refractivity (Wildman–Crippen MR) is 60.2 cm³/mol. The molecule has 0 unspecified atom stereocenters. The standard InChI is InChI=1S/C12H17NO2/c1-14-9-10-4-3-5-11(6-10)13-7-12(8-13)15-2/h3-6,12H,7-9H2,1-2H3. The van der Waals surface area contributed by atoms with Gasteiger partial charge in [0.2, 0.25) is 0 Å². The van der Waals surface area contributed by atoms with E-state index in [1.807, 2.05) is 0 Å². The highest BCUT2D eigenvalue weighted by Gasteiger charge is 2.26. The first-order valence-electron chi connectivity index (χ1n) is 5.19. The zero-order valence-electron chi connectivity index (χ0n) is 9.27. The van der Waals surface area contributed by atoms with Crippen LogP contribution in [0.1, 0.15) is 5.56 Å². The second-order valence-electron chi connectivity index (χ2n) is 3.87. The van der Waals surface area contributed by atoms with Crippen molar-refractivity contribution in [3.05, 3.63) is 29.8 Å². The van der Waals surface area contributed by atoms with Crippen molar-refractivity contribution in [2.75, 3.05) is 32.2 Å². The van der Waals surface area contributed by atoms with Gasteiger partial charge in [-0.15, -0.1) is 0 Å². The van der Waals surface area contributed by atoms with Crippen molar-refractivity contribution in [2.24, 2.45) is 0 Å². The van der Waals surface area contributed by atoms with E-state index in [0.717, 1.165) is 13.1 Å². The van der Waals surface area contributed by atoms with Crippen LogP contribution in [0.2, 0.25) is 0 Å². The van der Waals surface area contributed by atoms with Gasteiger partial charge in [-0.25, -0.2) is 0 Å². The van der Waals surface area contributed by atoms with Gasteiger partial charge in [-0.2, -0.15) is 0 Å². The molecule has 0 aliphatic carbocycles. The molecule has 3 nitrogen and oxygen atoms in total. The molecular formula is C12H17NO2. The van der Waals surface area contributed by atoms with E-state index in [1.165, 1.54) is 11.3 Å². The molecule has 2 rings (SSSR count). The Morgan fingerprint density at radius 3 is 2.80 bits per heavy atom. The van der Waals surface area contributed by atoms with Crippen molar-refractivity contribution in [2.45, 2.75) is 12.7 Å². The van der Waals surface area contributed by atoms with Crippen LogP contribution in [-0.4, -0.2) is 33.4 Å². The molecule has 1 aliphatic heterocycles. The molecule has 0 bridgehead atoms. The zero-order valence-corrected chi connectivity index (χ0v) is 9.27. The number of methoxy groups -OCH3 is 2. The van der Waals surface area contributed by atoms with Crippen molar-refractivity contribution in [3.8, 4) is 0 Å². The van der Waals surface area contributed by atoms with Crippen LogP contribution in [0.3, 0.4) is 0 Å². The van der Waals surface area contributed by atoms with E-state index in [2.05, 4.69) is 29.2 Å². The first-order chi connectivity index (χ1) is 7.33. The molecule has 3 heteroatoms. The minimum Gasteiger partial charge on any atom is -0.380 e. The number of ether oxygens (including phenoxy) is 2. The highest BCUT2D eigenvalue weighted by molar-refractivity contribution is 5.51. The lowest BCUT2D eigenvalue weighted by Gasteiger charge is -2.40. The molecule has 0 N–H and O–H groups in total. The average Bonchev–Trinajstić information content (AvgIpc) is 2.17. The molecule has 1 fully saturated rings. The maximum atomic E-state index is 5.25. The average molecular weight is 207 g/mol. The van der Waals surface area contributed by atoms with Crippen molar-refractivity contribution in [1.29, 1.82) is 0 Å². The van der Waals surface area contributed by atoms with Crippen molar-refractivity contribution < 1.29 is 9.47 Å². The van der Waals surface area contributed by atoms with Gasteiger partial charge in [0.1, 0.15) is 0 Å². The van der Waals surface area contributed by atoms with Gasteiger partial charge >= 0.3 is 0 Å². The second kappa shape index (κ2) is 4.64. The third-order valence-corrected chi connectivity index (χ3v) is 2.77. The largest absolute Gasteiger partial charge is 0.380 e. The summed E-state index contributed by atoms with van der Waals surface area (Å²) in [5.41, 5.74) is 2.48. The minimum atomic E-state index is 0.399. The molecule has 0 saturated carbocycles. The van der Waals surface area contributed by atoms with E-state index in [0.29, 0.717) is 12.7 Å². The van der Waals surface area contributed by atoms with E-state index in [1.54, 1.807) is 14.2 Å². The minimum absolute atomic E-state index is 0.399. The van der Waals surface area contributed by atoms with Gasteiger partial charge in [-0.05, 0) is 17.7 Å². The summed E-state index contributed by atoms with van der Waals surface area (Å²) in [6, 6.07) is 8.46. The Balaban J connectivity index is 2.00. The number of anilines is 1. The van der Waals surface area contributed by atoms with Crippen molar-refractivity contribution in [1.82, 2.24) is 0 Å². The van der Waals surface area contributed by atoms with Crippen LogP contribution in [0.15, 0.2) is 24.3 Å². The number of nitrogens with zero attached hydrogens (tertiary/aromatic N) is 1. The van der Waals surface area contributed by atoms with Gasteiger partial charge in [0.15, 0.2) is 0 Å². The Hall–Kier alpha value is -1.06. The Kier molecular flexibility index (Phi) is 3.23. The van der Waals surface area contributed by atoms with Gasteiger partial charge < -0.3 is 14.4 Å². The van der Waals surface area contributed by atoms with Crippen molar-refractivity contribution in [3.63, 3.8) is 0 Å². The molecular weight excluding hydrogens is 190 g/mol. The lowest BCUT2D eigenvalue weighted by Crippen LogP contribution is -2.51. The van der Waals surface area contributed by atoms with E-state index < -0.39 is 0 Å². The summed E-state index contributed by atoms with van der Waals surface area (Å²) < 4.78 is 10.4. The van der Waals surface area contributed by atoms with E-state index in [9.17, 15) is 0 Å². The summed E-state index contributed by atoms with van der Waals surface area (Å²) >= 11 is 0. The lowest BCUT2D eigenvalue weighted by molar-refractivity contribution is 0.0787.